The van der Waals surface area contributed by atoms with E-state index >= 15 is 0 Å². The van der Waals surface area contributed by atoms with E-state index in [0.29, 0.717) is 17.7 Å². The topological polar surface area (TPSA) is 50.2 Å². The van der Waals surface area contributed by atoms with E-state index in [2.05, 4.69) is 15.2 Å². The van der Waals surface area contributed by atoms with Crippen molar-refractivity contribution in [1.82, 2.24) is 14.9 Å². The molecule has 0 spiro atoms. The molecule has 2 aliphatic rings. The van der Waals surface area contributed by atoms with Crippen LogP contribution in [0, 0.1) is 11.8 Å². The summed E-state index contributed by atoms with van der Waals surface area (Å²) in [7, 11) is 0. The van der Waals surface area contributed by atoms with Gasteiger partial charge in [0.05, 0.1) is 0 Å². The Morgan fingerprint density at radius 2 is 1.89 bits per heavy atom. The maximum Gasteiger partial charge on any atom is 0.293 e. The number of anilines is 1. The summed E-state index contributed by atoms with van der Waals surface area (Å²) in [6.45, 7) is 10.2. The molecule has 2 aliphatic heterocycles. The van der Waals surface area contributed by atoms with Crippen LogP contribution in [-0.4, -0.2) is 35.7 Å². The second-order valence-electron chi connectivity index (χ2n) is 6.68. The molecule has 1 aromatic rings. The molecule has 0 aromatic carbocycles. The summed E-state index contributed by atoms with van der Waals surface area (Å²) in [5.41, 5.74) is -0.172. The third-order valence-electron chi connectivity index (χ3n) is 4.23. The van der Waals surface area contributed by atoms with Crippen LogP contribution in [0.15, 0.2) is 17.2 Å². The van der Waals surface area contributed by atoms with E-state index in [9.17, 15) is 4.79 Å². The Kier molecular flexibility index (Phi) is 2.89. The van der Waals surface area contributed by atoms with E-state index in [1.165, 1.54) is 0 Å². The predicted octanol–water partition coefficient (Wildman–Crippen LogP) is 0.654. The monoisotopic (exact) mass is 262 g/mol. The first-order chi connectivity index (χ1) is 8.97. The van der Waals surface area contributed by atoms with Gasteiger partial charge in [0.15, 0.2) is 5.82 Å². The van der Waals surface area contributed by atoms with Crippen molar-refractivity contribution in [2.24, 2.45) is 11.8 Å². The molecule has 104 valence electrons. The van der Waals surface area contributed by atoms with E-state index in [1.807, 2.05) is 20.8 Å². The van der Waals surface area contributed by atoms with Crippen LogP contribution in [0.5, 0.6) is 0 Å². The Balaban J connectivity index is 1.92. The van der Waals surface area contributed by atoms with Crippen molar-refractivity contribution in [3.63, 3.8) is 0 Å². The molecular weight excluding hydrogens is 240 g/mol. The standard InChI is InChI=1S/C14H22N4O/c1-14(2,3)18-5-4-16-12(13(18)19)17-8-10-6-15-7-11(10)9-17/h4-5,10-11,15H,6-9H2,1-3H3/t10-,11+. The van der Waals surface area contributed by atoms with Crippen molar-refractivity contribution < 1.29 is 0 Å². The van der Waals surface area contributed by atoms with Crippen molar-refractivity contribution in [3.8, 4) is 0 Å². The molecule has 0 unspecified atom stereocenters. The number of nitrogens with zero attached hydrogens (tertiary/aromatic N) is 3. The molecule has 1 aromatic heterocycles. The molecule has 0 radical (unpaired) electrons. The van der Waals surface area contributed by atoms with Crippen LogP contribution in [0.25, 0.3) is 0 Å². The molecule has 0 bridgehead atoms. The Hall–Kier alpha value is -1.36. The van der Waals surface area contributed by atoms with Gasteiger partial charge in [-0.05, 0) is 32.6 Å². The molecule has 0 amide bonds. The highest BCUT2D eigenvalue weighted by Crippen LogP contribution is 2.28. The highest BCUT2D eigenvalue weighted by molar-refractivity contribution is 5.38. The number of nitrogens with one attached hydrogen (secondary N) is 1. The first-order valence-corrected chi connectivity index (χ1v) is 7.00. The smallest absolute Gasteiger partial charge is 0.293 e. The molecule has 2 fully saturated rings. The minimum atomic E-state index is -0.202. The Morgan fingerprint density at radius 1 is 1.26 bits per heavy atom. The average Bonchev–Trinajstić information content (AvgIpc) is 2.87. The lowest BCUT2D eigenvalue weighted by Crippen LogP contribution is -2.39. The van der Waals surface area contributed by atoms with Gasteiger partial charge in [-0.15, -0.1) is 0 Å². The molecule has 19 heavy (non-hydrogen) atoms. The molecule has 2 atom stereocenters. The molecule has 3 heterocycles. The molecule has 0 aliphatic carbocycles. The SMILES string of the molecule is CC(C)(C)n1ccnc(N2C[C@H]3CNC[C@H]3C2)c1=O. The zero-order valence-electron chi connectivity index (χ0n) is 11.9. The van der Waals surface area contributed by atoms with E-state index in [0.717, 1.165) is 26.2 Å². The molecule has 2 saturated heterocycles. The second kappa shape index (κ2) is 4.34. The van der Waals surface area contributed by atoms with Gasteiger partial charge in [-0.2, -0.15) is 0 Å². The summed E-state index contributed by atoms with van der Waals surface area (Å²) in [6, 6.07) is 0. The summed E-state index contributed by atoms with van der Waals surface area (Å²) in [5, 5.41) is 3.42. The number of aromatic nitrogens is 2. The predicted molar refractivity (Wildman–Crippen MR) is 75.6 cm³/mol. The van der Waals surface area contributed by atoms with Crippen molar-refractivity contribution in [2.75, 3.05) is 31.1 Å². The van der Waals surface area contributed by atoms with Crippen LogP contribution in [0.3, 0.4) is 0 Å². The quantitative estimate of drug-likeness (QED) is 0.807. The van der Waals surface area contributed by atoms with Crippen molar-refractivity contribution >= 4 is 5.82 Å². The second-order valence-corrected chi connectivity index (χ2v) is 6.68. The molecule has 5 heteroatoms. The van der Waals surface area contributed by atoms with E-state index in [4.69, 9.17) is 0 Å². The number of fused-ring (bicyclic) bond motifs is 1. The Morgan fingerprint density at radius 3 is 2.47 bits per heavy atom. The lowest BCUT2D eigenvalue weighted by molar-refractivity contribution is 0.382. The minimum absolute atomic E-state index is 0.0305. The molecule has 5 nitrogen and oxygen atoms in total. The maximum atomic E-state index is 12.6. The van der Waals surface area contributed by atoms with Crippen LogP contribution < -0.4 is 15.8 Å². The lowest BCUT2D eigenvalue weighted by Gasteiger charge is -2.25. The number of hydrogen-bond donors (Lipinski definition) is 1. The van der Waals surface area contributed by atoms with Gasteiger partial charge in [0.1, 0.15) is 0 Å². The maximum absolute atomic E-state index is 12.6. The third kappa shape index (κ3) is 2.16. The van der Waals surface area contributed by atoms with Crippen LogP contribution in [-0.2, 0) is 5.54 Å². The van der Waals surface area contributed by atoms with E-state index in [1.54, 1.807) is 17.0 Å². The minimum Gasteiger partial charge on any atom is -0.351 e. The van der Waals surface area contributed by atoms with Gasteiger partial charge >= 0.3 is 0 Å². The summed E-state index contributed by atoms with van der Waals surface area (Å²) in [6.07, 6.45) is 3.53. The van der Waals surface area contributed by atoms with Gasteiger partial charge in [-0.25, -0.2) is 4.98 Å². The highest BCUT2D eigenvalue weighted by Gasteiger charge is 2.37. The Bertz CT molecular complexity index is 519. The molecule has 3 rings (SSSR count). The van der Waals surface area contributed by atoms with Crippen LogP contribution in [0.4, 0.5) is 5.82 Å². The van der Waals surface area contributed by atoms with Crippen LogP contribution in [0.2, 0.25) is 0 Å². The van der Waals surface area contributed by atoms with E-state index in [-0.39, 0.29) is 11.1 Å². The first kappa shape index (κ1) is 12.7. The first-order valence-electron chi connectivity index (χ1n) is 7.00. The molecule has 1 N–H and O–H groups in total. The van der Waals surface area contributed by atoms with Crippen molar-refractivity contribution in [1.29, 1.82) is 0 Å². The van der Waals surface area contributed by atoms with Gasteiger partial charge in [0.25, 0.3) is 5.56 Å². The molecular formula is C14H22N4O. The summed E-state index contributed by atoms with van der Waals surface area (Å²) >= 11 is 0. The zero-order valence-corrected chi connectivity index (χ0v) is 11.9. The van der Waals surface area contributed by atoms with Gasteiger partial charge in [0, 0.05) is 44.1 Å². The van der Waals surface area contributed by atoms with E-state index < -0.39 is 0 Å². The van der Waals surface area contributed by atoms with Gasteiger partial charge in [0.2, 0.25) is 0 Å². The van der Waals surface area contributed by atoms with Crippen LogP contribution >= 0.6 is 0 Å². The van der Waals surface area contributed by atoms with Crippen molar-refractivity contribution in [2.45, 2.75) is 26.3 Å². The average molecular weight is 262 g/mol. The normalized spacial score (nSPS) is 26.8. The number of rotatable bonds is 1. The Labute approximate surface area is 113 Å². The fraction of sp³-hybridized carbons (Fsp3) is 0.714. The largest absolute Gasteiger partial charge is 0.351 e. The van der Waals surface area contributed by atoms with Crippen molar-refractivity contribution in [3.05, 3.63) is 22.7 Å². The highest BCUT2D eigenvalue weighted by atomic mass is 16.1. The summed E-state index contributed by atoms with van der Waals surface area (Å²) in [4.78, 5) is 19.1. The summed E-state index contributed by atoms with van der Waals surface area (Å²) < 4.78 is 1.78. The molecule has 0 saturated carbocycles. The fourth-order valence-electron chi connectivity index (χ4n) is 3.17. The van der Waals surface area contributed by atoms with Gasteiger partial charge in [-0.1, -0.05) is 0 Å². The van der Waals surface area contributed by atoms with Gasteiger partial charge < -0.3 is 14.8 Å². The number of hydrogen-bond acceptors (Lipinski definition) is 4. The van der Waals surface area contributed by atoms with Crippen LogP contribution in [0.1, 0.15) is 20.8 Å². The summed E-state index contributed by atoms with van der Waals surface area (Å²) in [5.74, 6) is 1.96. The fourth-order valence-corrected chi connectivity index (χ4v) is 3.17. The van der Waals surface area contributed by atoms with Gasteiger partial charge in [-0.3, -0.25) is 4.79 Å². The lowest BCUT2D eigenvalue weighted by atomic mass is 10.0. The zero-order chi connectivity index (χ0) is 13.6. The third-order valence-corrected chi connectivity index (χ3v) is 4.23.